The Balaban J connectivity index is 1.52. The van der Waals surface area contributed by atoms with Crippen LogP contribution in [0.2, 0.25) is 0 Å². The molecule has 0 saturated carbocycles. The molecule has 2 rings (SSSR count). The Labute approximate surface area is 115 Å². The van der Waals surface area contributed by atoms with E-state index in [1.54, 1.807) is 0 Å². The number of ether oxygens (including phenoxy) is 1. The van der Waals surface area contributed by atoms with Crippen molar-refractivity contribution in [2.75, 3.05) is 70.5 Å². The Hall–Kier alpha value is 0.190. The first-order valence-electron chi connectivity index (χ1n) is 7.23. The van der Waals surface area contributed by atoms with Crippen molar-refractivity contribution in [2.45, 2.75) is 13.0 Å². The number of hydrogen-bond acceptors (Lipinski definition) is 5. The molecule has 0 aromatic rings. The van der Waals surface area contributed by atoms with Crippen molar-refractivity contribution in [2.24, 2.45) is 0 Å². The average molecular weight is 273 g/mol. The molecule has 4 nitrogen and oxygen atoms in total. The molecule has 1 N–H and O–H groups in total. The zero-order chi connectivity index (χ0) is 12.6. The highest BCUT2D eigenvalue weighted by molar-refractivity contribution is 7.99. The van der Waals surface area contributed by atoms with Gasteiger partial charge in [0.25, 0.3) is 0 Å². The third-order valence-electron chi connectivity index (χ3n) is 3.75. The second-order valence-corrected chi connectivity index (χ2v) is 6.27. The number of nitrogens with one attached hydrogen (secondary N) is 1. The van der Waals surface area contributed by atoms with Crippen molar-refractivity contribution in [1.29, 1.82) is 0 Å². The van der Waals surface area contributed by atoms with Gasteiger partial charge in [0, 0.05) is 57.3 Å². The molecule has 106 valence electrons. The minimum atomic E-state index is 0.385. The van der Waals surface area contributed by atoms with Gasteiger partial charge in [0.2, 0.25) is 0 Å². The summed E-state index contributed by atoms with van der Waals surface area (Å²) < 4.78 is 5.78. The van der Waals surface area contributed by atoms with Gasteiger partial charge in [-0.25, -0.2) is 0 Å². The maximum Gasteiger partial charge on any atom is 0.0826 e. The van der Waals surface area contributed by atoms with Crippen molar-refractivity contribution in [3.8, 4) is 0 Å². The standard InChI is InChI=1S/C13H27N3OS/c1-2-15-5-8-17-13(12-15)11-14-3-4-16-6-9-18-10-7-16/h13-14H,2-12H2,1H3. The third kappa shape index (κ3) is 5.05. The van der Waals surface area contributed by atoms with Crippen molar-refractivity contribution in [1.82, 2.24) is 15.1 Å². The predicted octanol–water partition coefficient (Wildman–Crippen LogP) is 0.346. The summed E-state index contributed by atoms with van der Waals surface area (Å²) in [6.07, 6.45) is 0.385. The number of likely N-dealkylation sites (N-methyl/N-ethyl adjacent to an activating group) is 1. The monoisotopic (exact) mass is 273 g/mol. The molecular formula is C13H27N3OS. The normalized spacial score (nSPS) is 27.5. The van der Waals surface area contributed by atoms with Gasteiger partial charge in [0.15, 0.2) is 0 Å². The molecular weight excluding hydrogens is 246 g/mol. The van der Waals surface area contributed by atoms with Crippen LogP contribution in [0.1, 0.15) is 6.92 Å². The summed E-state index contributed by atoms with van der Waals surface area (Å²) >= 11 is 2.08. The fraction of sp³-hybridized carbons (Fsp3) is 1.00. The Morgan fingerprint density at radius 2 is 2.06 bits per heavy atom. The Morgan fingerprint density at radius 3 is 2.83 bits per heavy atom. The lowest BCUT2D eigenvalue weighted by Crippen LogP contribution is -2.47. The highest BCUT2D eigenvalue weighted by Gasteiger charge is 2.18. The van der Waals surface area contributed by atoms with E-state index in [9.17, 15) is 0 Å². The largest absolute Gasteiger partial charge is 0.374 e. The molecule has 5 heteroatoms. The van der Waals surface area contributed by atoms with Crippen LogP contribution in [-0.4, -0.2) is 86.4 Å². The third-order valence-corrected chi connectivity index (χ3v) is 4.69. The molecule has 0 aromatic heterocycles. The minimum Gasteiger partial charge on any atom is -0.374 e. The molecule has 2 aliphatic heterocycles. The maximum atomic E-state index is 5.78. The van der Waals surface area contributed by atoms with E-state index < -0.39 is 0 Å². The molecule has 2 heterocycles. The summed E-state index contributed by atoms with van der Waals surface area (Å²) in [5.74, 6) is 2.61. The van der Waals surface area contributed by atoms with Gasteiger partial charge in [-0.2, -0.15) is 11.8 Å². The van der Waals surface area contributed by atoms with Crippen LogP contribution in [0.25, 0.3) is 0 Å². The molecule has 2 fully saturated rings. The molecule has 0 radical (unpaired) electrons. The quantitative estimate of drug-likeness (QED) is 0.705. The molecule has 2 saturated heterocycles. The Kier molecular flexibility index (Phi) is 6.79. The van der Waals surface area contributed by atoms with Gasteiger partial charge >= 0.3 is 0 Å². The molecule has 0 amide bonds. The molecule has 0 aliphatic carbocycles. The van der Waals surface area contributed by atoms with Gasteiger partial charge in [-0.3, -0.25) is 4.90 Å². The number of nitrogens with zero attached hydrogens (tertiary/aromatic N) is 2. The predicted molar refractivity (Wildman–Crippen MR) is 78.5 cm³/mol. The lowest BCUT2D eigenvalue weighted by Gasteiger charge is -2.32. The first-order chi connectivity index (χ1) is 8.88. The van der Waals surface area contributed by atoms with E-state index >= 15 is 0 Å². The summed E-state index contributed by atoms with van der Waals surface area (Å²) in [4.78, 5) is 5.03. The maximum absolute atomic E-state index is 5.78. The lowest BCUT2D eigenvalue weighted by atomic mass is 10.2. The van der Waals surface area contributed by atoms with E-state index in [4.69, 9.17) is 4.74 Å². The van der Waals surface area contributed by atoms with Crippen LogP contribution in [0, 0.1) is 0 Å². The Morgan fingerprint density at radius 1 is 1.22 bits per heavy atom. The highest BCUT2D eigenvalue weighted by Crippen LogP contribution is 2.08. The number of hydrogen-bond donors (Lipinski definition) is 1. The first-order valence-corrected chi connectivity index (χ1v) is 8.38. The SMILES string of the molecule is CCN1CCOC(CNCCN2CCSCC2)C1. The summed E-state index contributed by atoms with van der Waals surface area (Å²) in [6.45, 7) is 12.2. The van der Waals surface area contributed by atoms with E-state index in [0.29, 0.717) is 6.10 Å². The van der Waals surface area contributed by atoms with E-state index in [2.05, 4.69) is 33.8 Å². The zero-order valence-electron chi connectivity index (χ0n) is 11.6. The van der Waals surface area contributed by atoms with Crippen molar-refractivity contribution in [3.05, 3.63) is 0 Å². The van der Waals surface area contributed by atoms with E-state index in [-0.39, 0.29) is 0 Å². The topological polar surface area (TPSA) is 27.7 Å². The minimum absolute atomic E-state index is 0.385. The van der Waals surface area contributed by atoms with Crippen LogP contribution in [-0.2, 0) is 4.74 Å². The van der Waals surface area contributed by atoms with Gasteiger partial charge in [-0.1, -0.05) is 6.92 Å². The van der Waals surface area contributed by atoms with E-state index in [0.717, 1.165) is 39.3 Å². The van der Waals surface area contributed by atoms with Crippen LogP contribution in [0.3, 0.4) is 0 Å². The molecule has 18 heavy (non-hydrogen) atoms. The average Bonchev–Trinajstić information content (AvgIpc) is 2.45. The van der Waals surface area contributed by atoms with Gasteiger partial charge in [0.05, 0.1) is 12.7 Å². The molecule has 0 aromatic carbocycles. The molecule has 1 atom stereocenters. The molecule has 0 bridgehead atoms. The smallest absolute Gasteiger partial charge is 0.0826 e. The molecule has 2 aliphatic rings. The van der Waals surface area contributed by atoms with Crippen molar-refractivity contribution < 1.29 is 4.74 Å². The van der Waals surface area contributed by atoms with Crippen LogP contribution in [0.4, 0.5) is 0 Å². The zero-order valence-corrected chi connectivity index (χ0v) is 12.4. The van der Waals surface area contributed by atoms with Gasteiger partial charge in [-0.05, 0) is 6.54 Å². The summed E-state index contributed by atoms with van der Waals surface area (Å²) in [5, 5.41) is 3.55. The van der Waals surface area contributed by atoms with Crippen LogP contribution >= 0.6 is 11.8 Å². The summed E-state index contributed by atoms with van der Waals surface area (Å²) in [5.41, 5.74) is 0. The van der Waals surface area contributed by atoms with Gasteiger partial charge < -0.3 is 15.0 Å². The number of rotatable bonds is 6. The van der Waals surface area contributed by atoms with Crippen molar-refractivity contribution in [3.63, 3.8) is 0 Å². The lowest BCUT2D eigenvalue weighted by molar-refractivity contribution is -0.0253. The van der Waals surface area contributed by atoms with Crippen molar-refractivity contribution >= 4 is 11.8 Å². The fourth-order valence-corrected chi connectivity index (χ4v) is 3.49. The second kappa shape index (κ2) is 8.38. The Bertz CT molecular complexity index is 224. The second-order valence-electron chi connectivity index (χ2n) is 5.04. The summed E-state index contributed by atoms with van der Waals surface area (Å²) in [7, 11) is 0. The fourth-order valence-electron chi connectivity index (χ4n) is 2.52. The van der Waals surface area contributed by atoms with E-state index in [1.807, 2.05) is 0 Å². The van der Waals surface area contributed by atoms with Crippen LogP contribution in [0.15, 0.2) is 0 Å². The highest BCUT2D eigenvalue weighted by atomic mass is 32.2. The molecule has 0 spiro atoms. The van der Waals surface area contributed by atoms with Gasteiger partial charge in [0.1, 0.15) is 0 Å². The number of morpholine rings is 1. The van der Waals surface area contributed by atoms with Gasteiger partial charge in [-0.15, -0.1) is 0 Å². The summed E-state index contributed by atoms with van der Waals surface area (Å²) in [6, 6.07) is 0. The molecule has 1 unspecified atom stereocenters. The van der Waals surface area contributed by atoms with Crippen LogP contribution < -0.4 is 5.32 Å². The van der Waals surface area contributed by atoms with Crippen LogP contribution in [0.5, 0.6) is 0 Å². The number of thioether (sulfide) groups is 1. The first kappa shape index (κ1) is 14.6. The van der Waals surface area contributed by atoms with E-state index in [1.165, 1.54) is 31.1 Å².